The maximum Gasteiger partial charge on any atom is 0.134 e. The number of carbonyl (C=O) groups is 1. The standard InChI is InChI=1S/C20H27NO3/c1-3-9-21-10-8-19-13-15(22)6-7-20(19,23)18(21)11-14-4-5-16(24-2)12-17(14)19/h4-5,12,18,23H,3,6-11,13H2,1-2H3/t18-,19-,20-/m1/s1. The largest absolute Gasteiger partial charge is 0.497 e. The Bertz CT molecular complexity index is 673. The minimum atomic E-state index is -0.798. The Morgan fingerprint density at radius 1 is 1.38 bits per heavy atom. The third-order valence-electron chi connectivity index (χ3n) is 6.69. The Hall–Kier alpha value is -1.39. The van der Waals surface area contributed by atoms with Crippen molar-refractivity contribution < 1.29 is 14.6 Å². The smallest absolute Gasteiger partial charge is 0.134 e. The van der Waals surface area contributed by atoms with Crippen LogP contribution in [0, 0.1) is 0 Å². The zero-order chi connectivity index (χ0) is 16.9. The molecule has 24 heavy (non-hydrogen) atoms. The van der Waals surface area contributed by atoms with E-state index in [9.17, 15) is 9.90 Å². The van der Waals surface area contributed by atoms with Crippen molar-refractivity contribution in [3.8, 4) is 5.75 Å². The number of rotatable bonds is 3. The van der Waals surface area contributed by atoms with Gasteiger partial charge in [-0.3, -0.25) is 9.69 Å². The molecule has 1 aromatic carbocycles. The summed E-state index contributed by atoms with van der Waals surface area (Å²) in [5.74, 6) is 1.11. The van der Waals surface area contributed by atoms with Gasteiger partial charge in [-0.25, -0.2) is 0 Å². The second-order valence-corrected chi connectivity index (χ2v) is 7.75. The summed E-state index contributed by atoms with van der Waals surface area (Å²) in [5.41, 5.74) is 1.21. The van der Waals surface area contributed by atoms with E-state index in [0.717, 1.165) is 43.7 Å². The van der Waals surface area contributed by atoms with Crippen LogP contribution in [0.2, 0.25) is 0 Å². The molecule has 0 aromatic heterocycles. The summed E-state index contributed by atoms with van der Waals surface area (Å²) >= 11 is 0. The van der Waals surface area contributed by atoms with Crippen molar-refractivity contribution in [1.29, 1.82) is 0 Å². The lowest BCUT2D eigenvalue weighted by atomic mass is 9.49. The maximum atomic E-state index is 12.4. The molecule has 2 bridgehead atoms. The minimum Gasteiger partial charge on any atom is -0.497 e. The van der Waals surface area contributed by atoms with Crippen LogP contribution in [0.15, 0.2) is 18.2 Å². The molecule has 4 heteroatoms. The van der Waals surface area contributed by atoms with Crippen molar-refractivity contribution in [2.24, 2.45) is 0 Å². The SMILES string of the molecule is CCCN1CC[C@]23CC(=O)CC[C@@]2(O)[C@H]1Cc1ccc(OC)cc13. The molecule has 2 aliphatic carbocycles. The number of benzene rings is 1. The Labute approximate surface area is 143 Å². The van der Waals surface area contributed by atoms with Crippen molar-refractivity contribution in [3.63, 3.8) is 0 Å². The van der Waals surface area contributed by atoms with Crippen molar-refractivity contribution in [1.82, 2.24) is 4.90 Å². The molecule has 1 saturated carbocycles. The van der Waals surface area contributed by atoms with Crippen LogP contribution in [-0.2, 0) is 16.6 Å². The molecule has 130 valence electrons. The number of carbonyl (C=O) groups excluding carboxylic acids is 1. The number of aliphatic hydroxyl groups is 1. The molecule has 4 rings (SSSR count). The lowest BCUT2D eigenvalue weighted by Gasteiger charge is -2.63. The van der Waals surface area contributed by atoms with Crippen LogP contribution in [0.4, 0.5) is 0 Å². The zero-order valence-corrected chi connectivity index (χ0v) is 14.7. The van der Waals surface area contributed by atoms with E-state index >= 15 is 0 Å². The Morgan fingerprint density at radius 3 is 2.96 bits per heavy atom. The third-order valence-corrected chi connectivity index (χ3v) is 6.69. The van der Waals surface area contributed by atoms with E-state index in [1.807, 2.05) is 6.07 Å². The van der Waals surface area contributed by atoms with Crippen LogP contribution in [0.5, 0.6) is 5.75 Å². The number of fused-ring (bicyclic) bond motifs is 1. The van der Waals surface area contributed by atoms with E-state index < -0.39 is 11.0 Å². The highest BCUT2D eigenvalue weighted by Gasteiger charge is 2.64. The van der Waals surface area contributed by atoms with Crippen LogP contribution in [-0.4, -0.2) is 47.6 Å². The molecule has 3 atom stereocenters. The van der Waals surface area contributed by atoms with Gasteiger partial charge in [-0.2, -0.15) is 0 Å². The zero-order valence-electron chi connectivity index (χ0n) is 14.7. The Kier molecular flexibility index (Phi) is 3.73. The predicted octanol–water partition coefficient (Wildman–Crippen LogP) is 2.46. The minimum absolute atomic E-state index is 0.125. The van der Waals surface area contributed by atoms with Gasteiger partial charge in [0.25, 0.3) is 0 Å². The number of ketones is 1. The number of piperidine rings is 1. The summed E-state index contributed by atoms with van der Waals surface area (Å²) in [7, 11) is 1.67. The van der Waals surface area contributed by atoms with Gasteiger partial charge in [-0.15, -0.1) is 0 Å². The molecule has 0 unspecified atom stereocenters. The Balaban J connectivity index is 1.89. The maximum absolute atomic E-state index is 12.4. The average Bonchev–Trinajstić information content (AvgIpc) is 2.58. The second kappa shape index (κ2) is 5.57. The van der Waals surface area contributed by atoms with Gasteiger partial charge in [0.15, 0.2) is 0 Å². The normalized spacial score (nSPS) is 35.3. The van der Waals surface area contributed by atoms with Gasteiger partial charge in [0.2, 0.25) is 0 Å². The number of nitrogens with zero attached hydrogens (tertiary/aromatic N) is 1. The van der Waals surface area contributed by atoms with Gasteiger partial charge < -0.3 is 9.84 Å². The van der Waals surface area contributed by atoms with E-state index in [0.29, 0.717) is 19.3 Å². The fraction of sp³-hybridized carbons (Fsp3) is 0.650. The van der Waals surface area contributed by atoms with Crippen molar-refractivity contribution in [2.75, 3.05) is 20.2 Å². The monoisotopic (exact) mass is 329 g/mol. The second-order valence-electron chi connectivity index (χ2n) is 7.75. The van der Waals surface area contributed by atoms with Gasteiger partial charge in [0.1, 0.15) is 11.5 Å². The quantitative estimate of drug-likeness (QED) is 0.925. The first kappa shape index (κ1) is 16.1. The van der Waals surface area contributed by atoms with Crippen molar-refractivity contribution >= 4 is 5.78 Å². The molecule has 1 aliphatic heterocycles. The van der Waals surface area contributed by atoms with Crippen LogP contribution in [0.25, 0.3) is 0 Å². The first-order valence-corrected chi connectivity index (χ1v) is 9.19. The first-order chi connectivity index (χ1) is 11.5. The summed E-state index contributed by atoms with van der Waals surface area (Å²) < 4.78 is 5.44. The molecule has 1 heterocycles. The molecule has 1 aromatic rings. The Morgan fingerprint density at radius 2 is 2.21 bits per heavy atom. The lowest BCUT2D eigenvalue weighted by molar-refractivity contribution is -0.172. The summed E-state index contributed by atoms with van der Waals surface area (Å²) in [5, 5.41) is 11.9. The van der Waals surface area contributed by atoms with E-state index in [1.165, 1.54) is 5.56 Å². The van der Waals surface area contributed by atoms with Crippen molar-refractivity contribution in [3.05, 3.63) is 29.3 Å². The molecule has 1 N–H and O–H groups in total. The number of Topliss-reactive ketones (excluding diaryl/α,β-unsaturated/α-hetero) is 1. The molecule has 4 nitrogen and oxygen atoms in total. The summed E-state index contributed by atoms with van der Waals surface area (Å²) in [4.78, 5) is 14.8. The lowest BCUT2D eigenvalue weighted by Crippen LogP contribution is -2.73. The van der Waals surface area contributed by atoms with Gasteiger partial charge in [0.05, 0.1) is 12.7 Å². The summed E-state index contributed by atoms with van der Waals surface area (Å²) in [6.07, 6.45) is 4.38. The number of methoxy groups -OCH3 is 1. The van der Waals surface area contributed by atoms with E-state index in [1.54, 1.807) is 7.11 Å². The fourth-order valence-corrected chi connectivity index (χ4v) is 5.56. The number of ether oxygens (including phenoxy) is 1. The van der Waals surface area contributed by atoms with Crippen molar-refractivity contribution in [2.45, 2.75) is 62.5 Å². The van der Waals surface area contributed by atoms with Crippen LogP contribution in [0.3, 0.4) is 0 Å². The van der Waals surface area contributed by atoms with Gasteiger partial charge in [0, 0.05) is 24.3 Å². The third kappa shape index (κ3) is 2.02. The van der Waals surface area contributed by atoms with Gasteiger partial charge >= 0.3 is 0 Å². The topological polar surface area (TPSA) is 49.8 Å². The number of likely N-dealkylation sites (tertiary alicyclic amines) is 1. The van der Waals surface area contributed by atoms with E-state index in [4.69, 9.17) is 4.74 Å². The molecule has 1 saturated heterocycles. The molecule has 3 aliphatic rings. The summed E-state index contributed by atoms with van der Waals surface area (Å²) in [6.45, 7) is 4.17. The van der Waals surface area contributed by atoms with E-state index in [-0.39, 0.29) is 11.8 Å². The van der Waals surface area contributed by atoms with E-state index in [2.05, 4.69) is 24.0 Å². The fourth-order valence-electron chi connectivity index (χ4n) is 5.56. The molecule has 0 amide bonds. The van der Waals surface area contributed by atoms with Crippen LogP contribution >= 0.6 is 0 Å². The highest BCUT2D eigenvalue weighted by atomic mass is 16.5. The highest BCUT2D eigenvalue weighted by Crippen LogP contribution is 2.57. The predicted molar refractivity (Wildman–Crippen MR) is 92.5 cm³/mol. The number of hydrogen-bond donors (Lipinski definition) is 1. The molecule has 0 radical (unpaired) electrons. The molecular formula is C20H27NO3. The molecular weight excluding hydrogens is 302 g/mol. The van der Waals surface area contributed by atoms with Crippen LogP contribution < -0.4 is 4.74 Å². The molecule has 2 fully saturated rings. The summed E-state index contributed by atoms with van der Waals surface area (Å²) in [6, 6.07) is 6.34. The average molecular weight is 329 g/mol. The van der Waals surface area contributed by atoms with Crippen LogP contribution in [0.1, 0.15) is 50.2 Å². The van der Waals surface area contributed by atoms with Gasteiger partial charge in [-0.1, -0.05) is 13.0 Å². The highest BCUT2D eigenvalue weighted by molar-refractivity contribution is 5.82. The number of hydrogen-bond acceptors (Lipinski definition) is 4. The molecule has 0 spiro atoms. The first-order valence-electron chi connectivity index (χ1n) is 9.19. The van der Waals surface area contributed by atoms with Gasteiger partial charge in [-0.05, 0) is 62.0 Å².